The van der Waals surface area contributed by atoms with E-state index in [4.69, 9.17) is 28.5 Å². The number of carbonyl (C=O) groups is 3. The number of anilines is 3. The lowest BCUT2D eigenvalue weighted by Gasteiger charge is -2.63. The van der Waals surface area contributed by atoms with E-state index in [1.54, 1.807) is 31.4 Å². The fourth-order valence-corrected chi connectivity index (χ4v) is 17.0. The van der Waals surface area contributed by atoms with Gasteiger partial charge in [-0.3, -0.25) is 19.4 Å². The average molecular weight is 1210 g/mol. The van der Waals surface area contributed by atoms with Crippen molar-refractivity contribution >= 4 is 55.9 Å². The Kier molecular flexibility index (Phi) is 15.7. The highest BCUT2D eigenvalue weighted by Crippen LogP contribution is 2.68. The van der Waals surface area contributed by atoms with Gasteiger partial charge in [0, 0.05) is 113 Å². The molecular weight excluding hydrogens is 1130 g/mol. The first-order valence-electron chi connectivity index (χ1n) is 29.3. The monoisotopic (exact) mass is 1210 g/mol. The van der Waals surface area contributed by atoms with Crippen molar-refractivity contribution < 1.29 is 65.7 Å². The first-order chi connectivity index (χ1) is 40.9. The summed E-state index contributed by atoms with van der Waals surface area (Å²) < 4.78 is 89.1. The molecule has 7 aliphatic rings. The Hall–Kier alpha value is -7.05. The number of carbonyl (C=O) groups excluding carboxylic acids is 3. The van der Waals surface area contributed by atoms with Gasteiger partial charge >= 0.3 is 24.1 Å². The summed E-state index contributed by atoms with van der Waals surface area (Å²) in [5.74, 6) is -2.13. The van der Waals surface area contributed by atoms with Gasteiger partial charge in [0.05, 0.1) is 43.2 Å². The molecule has 12 atom stereocenters. The van der Waals surface area contributed by atoms with Crippen molar-refractivity contribution in [3.05, 3.63) is 119 Å². The van der Waals surface area contributed by atoms with Gasteiger partial charge in [-0.25, -0.2) is 18.8 Å². The lowest BCUT2D eigenvalue weighted by molar-refractivity contribution is -0.228. The molecule has 3 fully saturated rings. The van der Waals surface area contributed by atoms with Crippen LogP contribution in [0.3, 0.4) is 0 Å². The van der Waals surface area contributed by atoms with Gasteiger partial charge in [0.1, 0.15) is 22.8 Å². The van der Waals surface area contributed by atoms with E-state index >= 15 is 4.79 Å². The Morgan fingerprint density at radius 3 is 2.35 bits per heavy atom. The fourth-order valence-electron chi connectivity index (χ4n) is 15.3. The van der Waals surface area contributed by atoms with Gasteiger partial charge in [0.2, 0.25) is 17.4 Å². The van der Waals surface area contributed by atoms with Gasteiger partial charge < -0.3 is 49.1 Å². The van der Waals surface area contributed by atoms with E-state index in [0.29, 0.717) is 67.0 Å². The van der Waals surface area contributed by atoms with Crippen LogP contribution in [0.15, 0.2) is 95.6 Å². The van der Waals surface area contributed by atoms with Gasteiger partial charge in [-0.15, -0.1) is 0 Å². The highest BCUT2D eigenvalue weighted by molar-refractivity contribution is 7.93. The molecule has 5 N–H and O–H groups in total. The Morgan fingerprint density at radius 2 is 1.71 bits per heavy atom. The van der Waals surface area contributed by atoms with E-state index in [2.05, 4.69) is 73.4 Å². The molecule has 19 nitrogen and oxygen atoms in total. The predicted molar refractivity (Wildman–Crippen MR) is 315 cm³/mol. The van der Waals surface area contributed by atoms with E-state index in [9.17, 15) is 37.2 Å². The topological polar surface area (TPSA) is 242 Å². The highest BCUT2D eigenvalue weighted by atomic mass is 32.2. The molecule has 1 saturated heterocycles. The van der Waals surface area contributed by atoms with Crippen LogP contribution in [0, 0.1) is 16.1 Å². The number of esters is 3. The number of aliphatic hydroxyl groups excluding tert-OH is 1. The maximum Gasteiger partial charge on any atom is 0.423 e. The van der Waals surface area contributed by atoms with E-state index in [1.807, 2.05) is 37.1 Å². The fraction of sp³-hybridized carbons (Fsp3) is 0.508. The molecule has 7 heterocycles. The van der Waals surface area contributed by atoms with Crippen molar-refractivity contribution in [2.24, 2.45) is 11.3 Å². The molecule has 5 aromatic rings. The number of nitrogens with zero attached hydrogens (tertiary/aromatic N) is 5. The molecule has 1 spiro atoms. The van der Waals surface area contributed by atoms with Crippen LogP contribution in [0.4, 0.5) is 30.5 Å². The molecule has 1 unspecified atom stereocenters. The summed E-state index contributed by atoms with van der Waals surface area (Å²) in [7, 11) is 3.39. The second-order valence-corrected chi connectivity index (χ2v) is 26.4. The largest absolute Gasteiger partial charge is 0.496 e. The zero-order valence-electron chi connectivity index (χ0n) is 49.7. The summed E-state index contributed by atoms with van der Waals surface area (Å²) in [6.45, 7) is 12.0. The van der Waals surface area contributed by atoms with Gasteiger partial charge in [0.15, 0.2) is 6.10 Å². The van der Waals surface area contributed by atoms with Crippen LogP contribution in [0.2, 0.25) is 0 Å². The number of nitrogens with one attached hydrogen (secondary N) is 3. The maximum absolute atomic E-state index is 15.2. The summed E-state index contributed by atoms with van der Waals surface area (Å²) in [6.07, 6.45) is 3.20. The molecular formula is C63H75F3N8O11S. The number of likely N-dealkylation sites (N-methyl/N-ethyl adjacent to an activating group) is 1. The number of aliphatic hydroxyl groups is 2. The van der Waals surface area contributed by atoms with Crippen LogP contribution in [0.1, 0.15) is 101 Å². The molecule has 5 aliphatic heterocycles. The van der Waals surface area contributed by atoms with Crippen molar-refractivity contribution in [1.82, 2.24) is 24.8 Å². The number of alkyl halides is 3. The lowest BCUT2D eigenvalue weighted by Crippen LogP contribution is -2.81. The molecule has 0 amide bonds. The van der Waals surface area contributed by atoms with Crippen LogP contribution in [-0.2, 0) is 61.9 Å². The third-order valence-electron chi connectivity index (χ3n) is 19.3. The van der Waals surface area contributed by atoms with Crippen LogP contribution in [0.25, 0.3) is 10.9 Å². The van der Waals surface area contributed by atoms with E-state index in [0.717, 1.165) is 65.8 Å². The van der Waals surface area contributed by atoms with Crippen molar-refractivity contribution in [3.8, 4) is 11.6 Å². The van der Waals surface area contributed by atoms with Crippen molar-refractivity contribution in [1.29, 1.82) is 4.78 Å². The molecule has 460 valence electrons. The maximum atomic E-state index is 15.2. The van der Waals surface area contributed by atoms with Crippen molar-refractivity contribution in [2.75, 3.05) is 64.8 Å². The number of benzene rings is 3. The molecule has 0 radical (unpaired) electrons. The molecule has 2 bridgehead atoms. The molecule has 2 aromatic heterocycles. The number of H-pyrrole nitrogens is 1. The Balaban J connectivity index is 0.000000223. The third-order valence-corrected chi connectivity index (χ3v) is 21.6. The number of ether oxygens (including phenoxy) is 5. The van der Waals surface area contributed by atoms with E-state index < -0.39 is 85.5 Å². The minimum atomic E-state index is -4.72. The average Bonchev–Trinajstić information content (AvgIpc) is 1.44. The number of methoxy groups -OCH3 is 3. The Morgan fingerprint density at radius 1 is 0.988 bits per heavy atom. The number of fused-ring (bicyclic) bond motifs is 6. The molecule has 12 rings (SSSR count). The van der Waals surface area contributed by atoms with E-state index in [-0.39, 0.29) is 29.1 Å². The first kappa shape index (κ1) is 60.6. The number of aromatic nitrogens is 3. The summed E-state index contributed by atoms with van der Waals surface area (Å²) in [4.78, 5) is 61.0. The Bertz CT molecular complexity index is 3670. The van der Waals surface area contributed by atoms with Gasteiger partial charge in [-0.05, 0) is 112 Å². The number of hydrogen-bond donors (Lipinski definition) is 5. The van der Waals surface area contributed by atoms with Crippen LogP contribution in [0.5, 0.6) is 11.6 Å². The standard InChI is InChI=1S/C45H54N4O8.C18H21F3N4O3S/c1-8-27-19-28-22-44(40(51)55-6,36-30(25-48(23-27)24-28)29-13-10-11-14-33(29)46-36)32-20-31-34(21-35(32)54-5)47(4)38-43(31)16-18-49-17-12-15-42(9-2,37(43)49)39(57-26(3)50)45(38,53)41(52)56-7;1-10(26)11(2)28-16-15(18(19,20)21)9-23-17(25-16)24-12-3-5-13(6-4-12)29(22,27)14-7-8-14/h10-15,19-21,28,37-39,46,53H,8-9,16-18,22-25H2,1-7H3;3-6,9-11,14,22,26H,7-8H2,1-2H3,(H,23,24,25)/t28-,37-,38+,39+,42+,43+,44-,45-;10-,11-,29+/m01/s1. The number of rotatable bonds is 14. The zero-order chi connectivity index (χ0) is 61.6. The zero-order valence-corrected chi connectivity index (χ0v) is 50.6. The van der Waals surface area contributed by atoms with Crippen molar-refractivity contribution in [3.63, 3.8) is 0 Å². The quantitative estimate of drug-likeness (QED) is 0.0397. The minimum absolute atomic E-state index is 0.0284. The molecule has 23 heteroatoms. The van der Waals surface area contributed by atoms with Crippen molar-refractivity contribution in [2.45, 2.75) is 143 Å². The molecule has 3 aromatic carbocycles. The predicted octanol–water partition coefficient (Wildman–Crippen LogP) is 8.71. The smallest absolute Gasteiger partial charge is 0.423 e. The van der Waals surface area contributed by atoms with Gasteiger partial charge in [-0.1, -0.05) is 55.8 Å². The SMILES string of the molecule is CCC1=C[C@@H]2CN(C1)Cc1c([nH]c3ccccc13)[C@@](C(=O)OC)(c1cc3c(cc1OC)N(C)[C@H]1[C@@](O)(C(=O)OC)[C@H](OC(C)=O)[C@]4(CC)C=CCN5CC[C@]31[C@@H]54)C2.C[C@@H](O)[C@@H](C)Oc1nc(Nc2ccc([S@](=N)(=O)C3CC3)cc2)ncc1C(F)(F)F. The third kappa shape index (κ3) is 9.61. The summed E-state index contributed by atoms with van der Waals surface area (Å²) in [5, 5.41) is 26.5. The first-order valence-corrected chi connectivity index (χ1v) is 30.9. The van der Waals surface area contributed by atoms with Gasteiger partial charge in [0.25, 0.3) is 0 Å². The van der Waals surface area contributed by atoms with E-state index in [1.165, 1.54) is 40.6 Å². The number of aromatic amines is 1. The number of para-hydroxylation sites is 1. The number of halogens is 3. The minimum Gasteiger partial charge on any atom is -0.496 e. The summed E-state index contributed by atoms with van der Waals surface area (Å²) >= 11 is 0. The second-order valence-electron chi connectivity index (χ2n) is 24.1. The normalized spacial score (nSPS) is 29.4. The van der Waals surface area contributed by atoms with Crippen LogP contribution in [-0.4, -0.2) is 153 Å². The number of hydrogen-bond acceptors (Lipinski definition) is 18. The lowest BCUT2D eigenvalue weighted by atomic mass is 9.47. The molecule has 86 heavy (non-hydrogen) atoms. The molecule has 2 saturated carbocycles. The summed E-state index contributed by atoms with van der Waals surface area (Å²) in [6, 6.07) is 17.4. The highest BCUT2D eigenvalue weighted by Gasteiger charge is 2.80. The van der Waals surface area contributed by atoms with Crippen LogP contribution < -0.4 is 19.7 Å². The molecule has 2 aliphatic carbocycles. The van der Waals surface area contributed by atoms with Gasteiger partial charge in [-0.2, -0.15) is 18.2 Å². The second kappa shape index (κ2) is 22.3. The Labute approximate surface area is 498 Å². The summed E-state index contributed by atoms with van der Waals surface area (Å²) in [5.41, 5.74) is 0.352. The van der Waals surface area contributed by atoms with Crippen LogP contribution >= 0.6 is 0 Å².